The second kappa shape index (κ2) is 12.4. The molecular weight excluding hydrogens is 589 g/mol. The first-order valence-corrected chi connectivity index (χ1v) is 17.0. The molecule has 8 aromatic rings. The number of fused-ring (bicyclic) bond motifs is 3. The molecule has 0 spiro atoms. The molecule has 8 aromatic carbocycles. The first kappa shape index (κ1) is 28.9. The van der Waals surface area contributed by atoms with Gasteiger partial charge < -0.3 is 0 Å². The summed E-state index contributed by atoms with van der Waals surface area (Å²) in [6, 6.07) is 73.0. The minimum atomic E-state index is 0.267. The lowest BCUT2D eigenvalue weighted by Gasteiger charge is -2.15. The van der Waals surface area contributed by atoms with Crippen molar-refractivity contribution in [2.45, 2.75) is 5.92 Å². The summed E-state index contributed by atoms with van der Waals surface area (Å²) in [7, 11) is 0. The lowest BCUT2D eigenvalue weighted by molar-refractivity contribution is 1.02. The van der Waals surface area contributed by atoms with Crippen molar-refractivity contribution < 1.29 is 0 Å². The van der Waals surface area contributed by atoms with Gasteiger partial charge in [-0.1, -0.05) is 176 Å². The molecule has 0 fully saturated rings. The molecule has 0 N–H and O–H groups in total. The van der Waals surface area contributed by atoms with Gasteiger partial charge in [-0.15, -0.1) is 0 Å². The molecule has 1 aliphatic rings. The monoisotopic (exact) mass is 622 g/mol. The Morgan fingerprint density at radius 3 is 1.02 bits per heavy atom. The summed E-state index contributed by atoms with van der Waals surface area (Å²) < 4.78 is 0. The standard InChI is InChI=1S/C49H34/c1-3-12-34(13-4-1)42-31-43(35-14-5-2-6-15-35)33-44(32-42)38-24-22-36(23-25-38)40-16-11-17-41(30-40)37-26-28-39(29-27-37)49-47-20-9-7-18-45(47)46-19-8-10-21-48(46)49/h1-33,49H. The second-order valence-corrected chi connectivity index (χ2v) is 12.9. The zero-order chi connectivity index (χ0) is 32.6. The van der Waals surface area contributed by atoms with Crippen molar-refractivity contribution >= 4 is 0 Å². The molecule has 0 aromatic heterocycles. The highest BCUT2D eigenvalue weighted by Gasteiger charge is 2.29. The van der Waals surface area contributed by atoms with Crippen molar-refractivity contribution in [2.75, 3.05) is 0 Å². The Balaban J connectivity index is 1.01. The van der Waals surface area contributed by atoms with Crippen LogP contribution >= 0.6 is 0 Å². The van der Waals surface area contributed by atoms with E-state index in [0.29, 0.717) is 0 Å². The fraction of sp³-hybridized carbons (Fsp3) is 0.0204. The normalized spacial score (nSPS) is 12.0. The molecule has 230 valence electrons. The highest BCUT2D eigenvalue weighted by Crippen LogP contribution is 2.48. The van der Waals surface area contributed by atoms with Gasteiger partial charge in [0, 0.05) is 5.92 Å². The molecule has 0 atom stereocenters. The molecule has 0 nitrogen and oxygen atoms in total. The van der Waals surface area contributed by atoms with Crippen LogP contribution in [0.2, 0.25) is 0 Å². The van der Waals surface area contributed by atoms with Gasteiger partial charge in [-0.2, -0.15) is 0 Å². The van der Waals surface area contributed by atoms with E-state index in [1.54, 1.807) is 0 Å². The van der Waals surface area contributed by atoms with Gasteiger partial charge in [0.25, 0.3) is 0 Å². The summed E-state index contributed by atoms with van der Waals surface area (Å²) in [6.45, 7) is 0. The van der Waals surface area contributed by atoms with Crippen molar-refractivity contribution in [1.29, 1.82) is 0 Å². The molecular formula is C49H34. The Bertz CT molecular complexity index is 2300. The summed E-state index contributed by atoms with van der Waals surface area (Å²) in [6.07, 6.45) is 0. The van der Waals surface area contributed by atoms with Crippen LogP contribution in [0.25, 0.3) is 66.8 Å². The minimum Gasteiger partial charge on any atom is -0.0622 e. The fourth-order valence-corrected chi connectivity index (χ4v) is 7.50. The maximum atomic E-state index is 2.31. The highest BCUT2D eigenvalue weighted by atomic mass is 14.3. The van der Waals surface area contributed by atoms with Crippen molar-refractivity contribution in [1.82, 2.24) is 0 Å². The van der Waals surface area contributed by atoms with Crippen LogP contribution in [0.1, 0.15) is 22.6 Å². The number of hydrogen-bond acceptors (Lipinski definition) is 0. The van der Waals surface area contributed by atoms with Crippen molar-refractivity contribution in [3.8, 4) is 66.8 Å². The van der Waals surface area contributed by atoms with Gasteiger partial charge in [-0.3, -0.25) is 0 Å². The Morgan fingerprint density at radius 2 is 0.551 bits per heavy atom. The lowest BCUT2D eigenvalue weighted by Crippen LogP contribution is -1.98. The van der Waals surface area contributed by atoms with E-state index in [9.17, 15) is 0 Å². The average Bonchev–Trinajstić information content (AvgIpc) is 3.53. The van der Waals surface area contributed by atoms with Crippen molar-refractivity contribution in [2.24, 2.45) is 0 Å². The molecule has 0 heteroatoms. The molecule has 0 heterocycles. The smallest absolute Gasteiger partial charge is 0.0352 e. The van der Waals surface area contributed by atoms with E-state index in [4.69, 9.17) is 0 Å². The van der Waals surface area contributed by atoms with E-state index in [1.807, 2.05) is 0 Å². The molecule has 0 radical (unpaired) electrons. The molecule has 0 saturated heterocycles. The predicted molar refractivity (Wildman–Crippen MR) is 206 cm³/mol. The van der Waals surface area contributed by atoms with Crippen LogP contribution in [0.4, 0.5) is 0 Å². The first-order valence-electron chi connectivity index (χ1n) is 17.0. The first-order chi connectivity index (χ1) is 24.3. The third-order valence-corrected chi connectivity index (χ3v) is 9.97. The van der Waals surface area contributed by atoms with Gasteiger partial charge in [0.2, 0.25) is 0 Å². The van der Waals surface area contributed by atoms with Gasteiger partial charge in [0.1, 0.15) is 0 Å². The van der Waals surface area contributed by atoms with Crippen LogP contribution < -0.4 is 0 Å². The number of benzene rings is 8. The Morgan fingerprint density at radius 1 is 0.224 bits per heavy atom. The predicted octanol–water partition coefficient (Wildman–Crippen LogP) is 13.2. The maximum Gasteiger partial charge on any atom is 0.0352 e. The van der Waals surface area contributed by atoms with Crippen LogP contribution in [-0.2, 0) is 0 Å². The van der Waals surface area contributed by atoms with Crippen LogP contribution in [0.15, 0.2) is 200 Å². The summed E-state index contributed by atoms with van der Waals surface area (Å²) >= 11 is 0. The Labute approximate surface area is 288 Å². The largest absolute Gasteiger partial charge is 0.0622 e. The highest BCUT2D eigenvalue weighted by molar-refractivity contribution is 5.83. The van der Waals surface area contributed by atoms with Crippen LogP contribution in [0.3, 0.4) is 0 Å². The lowest BCUT2D eigenvalue weighted by atomic mass is 9.88. The van der Waals surface area contributed by atoms with Gasteiger partial charge in [0.05, 0.1) is 0 Å². The molecule has 0 bridgehead atoms. The van der Waals surface area contributed by atoms with E-state index < -0.39 is 0 Å². The molecule has 0 aliphatic heterocycles. The maximum absolute atomic E-state index is 2.31. The zero-order valence-corrected chi connectivity index (χ0v) is 27.1. The van der Waals surface area contributed by atoms with Gasteiger partial charge >= 0.3 is 0 Å². The van der Waals surface area contributed by atoms with Crippen LogP contribution in [-0.4, -0.2) is 0 Å². The topological polar surface area (TPSA) is 0 Å². The summed E-state index contributed by atoms with van der Waals surface area (Å²) in [4.78, 5) is 0. The Hall–Kier alpha value is -6.24. The summed E-state index contributed by atoms with van der Waals surface area (Å²) in [5.74, 6) is 0.267. The fourth-order valence-electron chi connectivity index (χ4n) is 7.50. The molecule has 49 heavy (non-hydrogen) atoms. The number of rotatable bonds is 6. The average molecular weight is 623 g/mol. The summed E-state index contributed by atoms with van der Waals surface area (Å²) in [5, 5.41) is 0. The van der Waals surface area contributed by atoms with Gasteiger partial charge in [-0.25, -0.2) is 0 Å². The SMILES string of the molecule is c1ccc(-c2cc(-c3ccccc3)cc(-c3ccc(-c4cccc(-c5ccc(C6c7ccccc7-c7ccccc76)cc5)c4)cc3)c2)cc1. The van der Waals surface area contributed by atoms with Crippen molar-refractivity contribution in [3.63, 3.8) is 0 Å². The van der Waals surface area contributed by atoms with Gasteiger partial charge in [0.15, 0.2) is 0 Å². The van der Waals surface area contributed by atoms with E-state index in [1.165, 1.54) is 83.5 Å². The van der Waals surface area contributed by atoms with E-state index in [2.05, 4.69) is 200 Å². The second-order valence-electron chi connectivity index (χ2n) is 12.9. The quantitative estimate of drug-likeness (QED) is 0.173. The van der Waals surface area contributed by atoms with E-state index in [0.717, 1.165) is 0 Å². The molecule has 0 amide bonds. The van der Waals surface area contributed by atoms with Crippen molar-refractivity contribution in [3.05, 3.63) is 217 Å². The molecule has 0 unspecified atom stereocenters. The zero-order valence-electron chi connectivity index (χ0n) is 27.1. The van der Waals surface area contributed by atoms with E-state index >= 15 is 0 Å². The molecule has 9 rings (SSSR count). The van der Waals surface area contributed by atoms with Crippen LogP contribution in [0, 0.1) is 0 Å². The third kappa shape index (κ3) is 5.48. The molecule has 1 aliphatic carbocycles. The van der Waals surface area contributed by atoms with E-state index in [-0.39, 0.29) is 5.92 Å². The minimum absolute atomic E-state index is 0.267. The van der Waals surface area contributed by atoms with Gasteiger partial charge in [-0.05, 0) is 108 Å². The Kier molecular flexibility index (Phi) is 7.33. The van der Waals surface area contributed by atoms with Crippen LogP contribution in [0.5, 0.6) is 0 Å². The molecule has 0 saturated carbocycles. The summed E-state index contributed by atoms with van der Waals surface area (Å²) in [5.41, 5.74) is 19.0. The third-order valence-electron chi connectivity index (χ3n) is 9.97. The number of hydrogen-bond donors (Lipinski definition) is 0.